The summed E-state index contributed by atoms with van der Waals surface area (Å²) in [5.74, 6) is 3.45. The van der Waals surface area contributed by atoms with Crippen molar-refractivity contribution in [2.45, 2.75) is 26.3 Å². The van der Waals surface area contributed by atoms with Crippen LogP contribution in [0, 0.1) is 0 Å². The van der Waals surface area contributed by atoms with Crippen molar-refractivity contribution in [2.75, 3.05) is 34.8 Å². The Morgan fingerprint density at radius 3 is 3.00 bits per heavy atom. The van der Waals surface area contributed by atoms with Crippen LogP contribution in [0.15, 0.2) is 0 Å². The van der Waals surface area contributed by atoms with Crippen LogP contribution in [-0.2, 0) is 0 Å². The number of rotatable bonds is 4. The molecular formula is C11H18ClN5S. The molecule has 0 radical (unpaired) electrons. The summed E-state index contributed by atoms with van der Waals surface area (Å²) in [6.07, 6.45) is 1.02. The number of hydrogen-bond donors (Lipinski definition) is 1. The SMILES string of the molecule is CCCNc1nc(Cl)nc(N2CCSCC2C)n1. The summed E-state index contributed by atoms with van der Waals surface area (Å²) in [4.78, 5) is 15.0. The second-order valence-electron chi connectivity index (χ2n) is 4.27. The molecule has 2 rings (SSSR count). The largest absolute Gasteiger partial charge is 0.354 e. The molecule has 2 heterocycles. The van der Waals surface area contributed by atoms with Crippen molar-refractivity contribution >= 4 is 35.3 Å². The molecule has 0 aliphatic carbocycles. The van der Waals surface area contributed by atoms with Gasteiger partial charge in [0.15, 0.2) is 0 Å². The lowest BCUT2D eigenvalue weighted by molar-refractivity contribution is 0.675. The first kappa shape index (κ1) is 13.7. The molecule has 0 bridgehead atoms. The molecule has 0 amide bonds. The number of anilines is 2. The topological polar surface area (TPSA) is 53.9 Å². The molecule has 7 heteroatoms. The summed E-state index contributed by atoms with van der Waals surface area (Å²) < 4.78 is 0. The third-order valence-corrected chi connectivity index (χ3v) is 4.11. The standard InChI is InChI=1S/C11H18ClN5S/c1-3-4-13-10-14-9(12)15-11(16-10)17-5-6-18-7-8(17)2/h8H,3-7H2,1-2H3,(H,13,14,15,16). The smallest absolute Gasteiger partial charge is 0.231 e. The molecule has 0 saturated carbocycles. The zero-order valence-corrected chi connectivity index (χ0v) is 12.3. The van der Waals surface area contributed by atoms with Crippen molar-refractivity contribution in [1.82, 2.24) is 15.0 Å². The summed E-state index contributed by atoms with van der Waals surface area (Å²) in [5.41, 5.74) is 0. The summed E-state index contributed by atoms with van der Waals surface area (Å²) in [6, 6.07) is 0.432. The molecule has 1 N–H and O–H groups in total. The monoisotopic (exact) mass is 287 g/mol. The van der Waals surface area contributed by atoms with Crippen molar-refractivity contribution in [3.63, 3.8) is 0 Å². The molecule has 100 valence electrons. The van der Waals surface area contributed by atoms with Gasteiger partial charge in [-0.1, -0.05) is 6.92 Å². The van der Waals surface area contributed by atoms with Gasteiger partial charge in [0.2, 0.25) is 17.2 Å². The number of hydrogen-bond acceptors (Lipinski definition) is 6. The quantitative estimate of drug-likeness (QED) is 0.917. The van der Waals surface area contributed by atoms with Gasteiger partial charge in [-0.3, -0.25) is 0 Å². The lowest BCUT2D eigenvalue weighted by Gasteiger charge is -2.33. The molecule has 0 spiro atoms. The van der Waals surface area contributed by atoms with Crippen LogP contribution in [0.5, 0.6) is 0 Å². The number of nitrogens with one attached hydrogen (secondary N) is 1. The first-order chi connectivity index (χ1) is 8.70. The Morgan fingerprint density at radius 1 is 1.44 bits per heavy atom. The maximum Gasteiger partial charge on any atom is 0.231 e. The highest BCUT2D eigenvalue weighted by molar-refractivity contribution is 7.99. The highest BCUT2D eigenvalue weighted by atomic mass is 35.5. The minimum Gasteiger partial charge on any atom is -0.354 e. The molecule has 1 unspecified atom stereocenters. The van der Waals surface area contributed by atoms with E-state index in [1.165, 1.54) is 0 Å². The number of nitrogens with zero attached hydrogens (tertiary/aromatic N) is 4. The van der Waals surface area contributed by atoms with E-state index in [2.05, 4.69) is 39.0 Å². The fourth-order valence-electron chi connectivity index (χ4n) is 1.81. The molecule has 1 aromatic rings. The van der Waals surface area contributed by atoms with Crippen molar-refractivity contribution in [1.29, 1.82) is 0 Å². The molecule has 1 fully saturated rings. The molecule has 1 aromatic heterocycles. The predicted octanol–water partition coefficient (Wildman–Crippen LogP) is 2.29. The van der Waals surface area contributed by atoms with Crippen LogP contribution < -0.4 is 10.2 Å². The number of thioether (sulfide) groups is 1. The van der Waals surface area contributed by atoms with Crippen LogP contribution in [0.1, 0.15) is 20.3 Å². The first-order valence-corrected chi connectivity index (χ1v) is 7.73. The van der Waals surface area contributed by atoms with Crippen LogP contribution in [-0.4, -0.2) is 45.6 Å². The average Bonchev–Trinajstić information content (AvgIpc) is 2.36. The van der Waals surface area contributed by atoms with Crippen LogP contribution in [0.3, 0.4) is 0 Å². The van der Waals surface area contributed by atoms with Crippen molar-refractivity contribution in [2.24, 2.45) is 0 Å². The molecule has 1 aliphatic rings. The maximum absolute atomic E-state index is 5.96. The average molecular weight is 288 g/mol. The van der Waals surface area contributed by atoms with Gasteiger partial charge in [0.1, 0.15) is 0 Å². The van der Waals surface area contributed by atoms with Crippen molar-refractivity contribution in [3.8, 4) is 0 Å². The van der Waals surface area contributed by atoms with Gasteiger partial charge < -0.3 is 10.2 Å². The Morgan fingerprint density at radius 2 is 2.28 bits per heavy atom. The van der Waals surface area contributed by atoms with Gasteiger partial charge in [-0.25, -0.2) is 0 Å². The highest BCUT2D eigenvalue weighted by Gasteiger charge is 2.22. The maximum atomic E-state index is 5.96. The fraction of sp³-hybridized carbons (Fsp3) is 0.727. The van der Waals surface area contributed by atoms with Crippen LogP contribution in [0.2, 0.25) is 5.28 Å². The molecule has 1 aliphatic heterocycles. The van der Waals surface area contributed by atoms with Gasteiger partial charge in [-0.15, -0.1) is 0 Å². The minimum absolute atomic E-state index is 0.254. The van der Waals surface area contributed by atoms with E-state index < -0.39 is 0 Å². The van der Waals surface area contributed by atoms with E-state index in [-0.39, 0.29) is 5.28 Å². The Bertz CT molecular complexity index is 403. The lowest BCUT2D eigenvalue weighted by atomic mass is 10.3. The van der Waals surface area contributed by atoms with Gasteiger partial charge in [-0.2, -0.15) is 26.7 Å². The van der Waals surface area contributed by atoms with E-state index in [9.17, 15) is 0 Å². The summed E-state index contributed by atoms with van der Waals surface area (Å²) in [7, 11) is 0. The Balaban J connectivity index is 2.18. The summed E-state index contributed by atoms with van der Waals surface area (Å²) in [5, 5.41) is 3.40. The molecule has 1 atom stereocenters. The van der Waals surface area contributed by atoms with Gasteiger partial charge in [0.25, 0.3) is 0 Å². The molecule has 5 nitrogen and oxygen atoms in total. The predicted molar refractivity (Wildman–Crippen MR) is 77.8 cm³/mol. The molecular weight excluding hydrogens is 270 g/mol. The van der Waals surface area contributed by atoms with E-state index in [1.54, 1.807) is 0 Å². The summed E-state index contributed by atoms with van der Waals surface area (Å²) in [6.45, 7) is 6.08. The van der Waals surface area contributed by atoms with Gasteiger partial charge in [0, 0.05) is 30.6 Å². The van der Waals surface area contributed by atoms with E-state index >= 15 is 0 Å². The second-order valence-corrected chi connectivity index (χ2v) is 5.76. The number of aromatic nitrogens is 3. The Hall–Kier alpha value is -0.750. The van der Waals surface area contributed by atoms with E-state index in [0.29, 0.717) is 17.9 Å². The van der Waals surface area contributed by atoms with E-state index in [4.69, 9.17) is 11.6 Å². The Kier molecular flexibility index (Phi) is 4.88. The normalized spacial score (nSPS) is 19.9. The zero-order chi connectivity index (χ0) is 13.0. The van der Waals surface area contributed by atoms with Crippen LogP contribution >= 0.6 is 23.4 Å². The van der Waals surface area contributed by atoms with E-state index in [1.807, 2.05) is 11.8 Å². The van der Waals surface area contributed by atoms with E-state index in [0.717, 1.165) is 31.0 Å². The molecule has 18 heavy (non-hydrogen) atoms. The van der Waals surface area contributed by atoms with Crippen LogP contribution in [0.25, 0.3) is 0 Å². The van der Waals surface area contributed by atoms with Gasteiger partial charge in [0.05, 0.1) is 0 Å². The fourth-order valence-corrected chi connectivity index (χ4v) is 2.98. The van der Waals surface area contributed by atoms with Gasteiger partial charge in [-0.05, 0) is 24.9 Å². The minimum atomic E-state index is 0.254. The highest BCUT2D eigenvalue weighted by Crippen LogP contribution is 2.22. The first-order valence-electron chi connectivity index (χ1n) is 6.20. The molecule has 1 saturated heterocycles. The number of halogens is 1. The second kappa shape index (κ2) is 6.43. The van der Waals surface area contributed by atoms with Crippen LogP contribution in [0.4, 0.5) is 11.9 Å². The van der Waals surface area contributed by atoms with Crippen molar-refractivity contribution in [3.05, 3.63) is 5.28 Å². The summed E-state index contributed by atoms with van der Waals surface area (Å²) >= 11 is 7.92. The zero-order valence-electron chi connectivity index (χ0n) is 10.7. The molecule has 0 aromatic carbocycles. The third-order valence-electron chi connectivity index (χ3n) is 2.75. The Labute approximate surface area is 117 Å². The van der Waals surface area contributed by atoms with Gasteiger partial charge >= 0.3 is 0 Å². The van der Waals surface area contributed by atoms with Crippen molar-refractivity contribution < 1.29 is 0 Å². The lowest BCUT2D eigenvalue weighted by Crippen LogP contribution is -2.41. The third kappa shape index (κ3) is 3.38.